The van der Waals surface area contributed by atoms with Gasteiger partial charge in [0, 0.05) is 13.1 Å². The van der Waals surface area contributed by atoms with E-state index in [1.807, 2.05) is 0 Å². The second-order valence-electron chi connectivity index (χ2n) is 4.54. The first-order chi connectivity index (χ1) is 7.73. The van der Waals surface area contributed by atoms with E-state index in [0.29, 0.717) is 5.41 Å². The Balaban J connectivity index is 2.11. The summed E-state index contributed by atoms with van der Waals surface area (Å²) < 4.78 is 0. The van der Waals surface area contributed by atoms with Crippen LogP contribution in [0.5, 0.6) is 0 Å². The third kappa shape index (κ3) is 1.98. The lowest BCUT2D eigenvalue weighted by Gasteiger charge is -2.26. The molecule has 0 bridgehead atoms. The molecule has 1 fully saturated rings. The smallest absolute Gasteiger partial charge is 0.185 e. The lowest BCUT2D eigenvalue weighted by Crippen LogP contribution is -2.25. The van der Waals surface area contributed by atoms with Crippen LogP contribution in [0.1, 0.15) is 42.8 Å². The summed E-state index contributed by atoms with van der Waals surface area (Å²) in [4.78, 5) is 18.0. The van der Waals surface area contributed by atoms with Crippen molar-refractivity contribution in [1.82, 2.24) is 4.98 Å². The molecule has 0 saturated carbocycles. The van der Waals surface area contributed by atoms with E-state index in [0.717, 1.165) is 29.4 Å². The third-order valence-electron chi connectivity index (χ3n) is 3.84. The van der Waals surface area contributed by atoms with Crippen LogP contribution in [-0.4, -0.2) is 24.4 Å². The van der Waals surface area contributed by atoms with Gasteiger partial charge in [0.05, 0.1) is 11.1 Å². The fraction of sp³-hybridized carbons (Fsp3) is 0.667. The van der Waals surface area contributed by atoms with E-state index in [1.54, 1.807) is 6.20 Å². The van der Waals surface area contributed by atoms with Crippen LogP contribution in [0.15, 0.2) is 6.20 Å². The van der Waals surface area contributed by atoms with Gasteiger partial charge in [-0.2, -0.15) is 0 Å². The van der Waals surface area contributed by atoms with Crippen LogP contribution < -0.4 is 4.90 Å². The molecule has 16 heavy (non-hydrogen) atoms. The number of carbonyl (C=O) groups is 1. The molecule has 4 heteroatoms. The second-order valence-corrected chi connectivity index (χ2v) is 5.58. The van der Waals surface area contributed by atoms with E-state index in [9.17, 15) is 4.79 Å². The van der Waals surface area contributed by atoms with Crippen LogP contribution in [0.3, 0.4) is 0 Å². The van der Waals surface area contributed by atoms with E-state index in [2.05, 4.69) is 23.7 Å². The first-order valence-corrected chi connectivity index (χ1v) is 6.70. The Labute approximate surface area is 100 Å². The molecular weight excluding hydrogens is 220 g/mol. The fourth-order valence-corrected chi connectivity index (χ4v) is 3.16. The molecule has 2 heterocycles. The minimum absolute atomic E-state index is 0.465. The highest BCUT2D eigenvalue weighted by molar-refractivity contribution is 7.17. The second kappa shape index (κ2) is 4.53. The van der Waals surface area contributed by atoms with Crippen molar-refractivity contribution in [2.45, 2.75) is 33.1 Å². The van der Waals surface area contributed by atoms with Gasteiger partial charge in [-0.15, -0.1) is 0 Å². The number of thiazole rings is 1. The molecular formula is C12H18N2OS. The zero-order valence-corrected chi connectivity index (χ0v) is 10.7. The van der Waals surface area contributed by atoms with Crippen LogP contribution >= 0.6 is 11.3 Å². The molecule has 0 aromatic carbocycles. The molecule has 0 atom stereocenters. The molecule has 0 unspecified atom stereocenters. The Kier molecular flexibility index (Phi) is 3.28. The van der Waals surface area contributed by atoms with Crippen molar-refractivity contribution in [2.75, 3.05) is 18.0 Å². The summed E-state index contributed by atoms with van der Waals surface area (Å²) in [7, 11) is 0. The molecule has 1 aromatic rings. The van der Waals surface area contributed by atoms with Gasteiger partial charge >= 0.3 is 0 Å². The largest absolute Gasteiger partial charge is 0.348 e. The predicted octanol–water partition coefficient (Wildman–Crippen LogP) is 2.97. The van der Waals surface area contributed by atoms with Crippen molar-refractivity contribution in [2.24, 2.45) is 5.41 Å². The third-order valence-corrected chi connectivity index (χ3v) is 4.82. The fourth-order valence-electron chi connectivity index (χ4n) is 2.40. The summed E-state index contributed by atoms with van der Waals surface area (Å²) in [6.45, 7) is 6.71. The Morgan fingerprint density at radius 1 is 1.56 bits per heavy atom. The number of hydrogen-bond acceptors (Lipinski definition) is 4. The minimum Gasteiger partial charge on any atom is -0.348 e. The Morgan fingerprint density at radius 2 is 2.31 bits per heavy atom. The molecule has 0 aliphatic carbocycles. The molecule has 1 aliphatic heterocycles. The van der Waals surface area contributed by atoms with Crippen molar-refractivity contribution in [3.63, 3.8) is 0 Å². The zero-order chi connectivity index (χ0) is 11.6. The molecule has 1 aromatic heterocycles. The van der Waals surface area contributed by atoms with Gasteiger partial charge in [0.2, 0.25) is 0 Å². The average molecular weight is 238 g/mol. The maximum absolute atomic E-state index is 10.6. The Hall–Kier alpha value is -0.900. The summed E-state index contributed by atoms with van der Waals surface area (Å²) in [5.41, 5.74) is 0.465. The molecule has 0 spiro atoms. The van der Waals surface area contributed by atoms with Gasteiger partial charge in [-0.25, -0.2) is 4.98 Å². The topological polar surface area (TPSA) is 33.2 Å². The van der Waals surface area contributed by atoms with Crippen molar-refractivity contribution >= 4 is 22.8 Å². The Morgan fingerprint density at radius 3 is 2.81 bits per heavy atom. The van der Waals surface area contributed by atoms with Gasteiger partial charge in [0.15, 0.2) is 11.4 Å². The van der Waals surface area contributed by atoms with Crippen molar-refractivity contribution in [3.8, 4) is 0 Å². The molecule has 0 N–H and O–H groups in total. The van der Waals surface area contributed by atoms with Crippen LogP contribution in [0.4, 0.5) is 5.13 Å². The van der Waals surface area contributed by atoms with Gasteiger partial charge in [-0.05, 0) is 24.7 Å². The normalized spacial score (nSPS) is 19.0. The lowest BCUT2D eigenvalue weighted by atomic mass is 9.82. The van der Waals surface area contributed by atoms with Gasteiger partial charge in [0.1, 0.15) is 0 Å². The molecule has 88 valence electrons. The summed E-state index contributed by atoms with van der Waals surface area (Å²) in [6.07, 6.45) is 6.25. The summed E-state index contributed by atoms with van der Waals surface area (Å²) in [6, 6.07) is 0. The number of rotatable bonds is 4. The maximum atomic E-state index is 10.6. The Bertz CT molecular complexity index is 371. The molecule has 1 aliphatic rings. The summed E-state index contributed by atoms with van der Waals surface area (Å²) in [5, 5.41) is 1.01. The standard InChI is InChI=1S/C12H18N2OS/c1-3-12(4-2)5-6-14(9-12)11-13-7-10(8-15)16-11/h7-8H,3-6,9H2,1-2H3. The number of nitrogens with zero attached hydrogens (tertiary/aromatic N) is 2. The van der Waals surface area contributed by atoms with Gasteiger partial charge < -0.3 is 4.90 Å². The highest BCUT2D eigenvalue weighted by atomic mass is 32.1. The molecule has 3 nitrogen and oxygen atoms in total. The highest BCUT2D eigenvalue weighted by Crippen LogP contribution is 2.39. The number of carbonyl (C=O) groups excluding carboxylic acids is 1. The van der Waals surface area contributed by atoms with E-state index < -0.39 is 0 Å². The quantitative estimate of drug-likeness (QED) is 0.756. The number of anilines is 1. The van der Waals surface area contributed by atoms with Crippen LogP contribution in [0.25, 0.3) is 0 Å². The van der Waals surface area contributed by atoms with Crippen LogP contribution in [0.2, 0.25) is 0 Å². The first kappa shape index (κ1) is 11.6. The number of aldehydes is 1. The first-order valence-electron chi connectivity index (χ1n) is 5.89. The number of hydrogen-bond donors (Lipinski definition) is 0. The SMILES string of the molecule is CCC1(CC)CCN(c2ncc(C=O)s2)C1. The monoisotopic (exact) mass is 238 g/mol. The zero-order valence-electron chi connectivity index (χ0n) is 9.90. The van der Waals surface area contributed by atoms with Gasteiger partial charge in [-0.1, -0.05) is 25.2 Å². The molecule has 0 radical (unpaired) electrons. The lowest BCUT2D eigenvalue weighted by molar-refractivity contribution is 0.112. The van der Waals surface area contributed by atoms with E-state index in [-0.39, 0.29) is 0 Å². The van der Waals surface area contributed by atoms with Crippen molar-refractivity contribution in [1.29, 1.82) is 0 Å². The average Bonchev–Trinajstić information content (AvgIpc) is 2.96. The van der Waals surface area contributed by atoms with Crippen molar-refractivity contribution < 1.29 is 4.79 Å². The van der Waals surface area contributed by atoms with Crippen LogP contribution in [-0.2, 0) is 0 Å². The number of aromatic nitrogens is 1. The molecule has 1 saturated heterocycles. The summed E-state index contributed by atoms with van der Waals surface area (Å²) in [5.74, 6) is 0. The maximum Gasteiger partial charge on any atom is 0.185 e. The molecule has 0 amide bonds. The van der Waals surface area contributed by atoms with Crippen LogP contribution in [0, 0.1) is 5.41 Å². The molecule has 2 rings (SSSR count). The van der Waals surface area contributed by atoms with Gasteiger partial charge in [0.25, 0.3) is 0 Å². The van der Waals surface area contributed by atoms with Gasteiger partial charge in [-0.3, -0.25) is 4.79 Å². The predicted molar refractivity (Wildman–Crippen MR) is 67.3 cm³/mol. The minimum atomic E-state index is 0.465. The van der Waals surface area contributed by atoms with E-state index >= 15 is 0 Å². The van der Waals surface area contributed by atoms with Crippen molar-refractivity contribution in [3.05, 3.63) is 11.1 Å². The van der Waals surface area contributed by atoms with E-state index in [4.69, 9.17) is 0 Å². The highest BCUT2D eigenvalue weighted by Gasteiger charge is 2.35. The summed E-state index contributed by atoms with van der Waals surface area (Å²) >= 11 is 1.50. The van der Waals surface area contributed by atoms with E-state index in [1.165, 1.54) is 30.6 Å².